The molecule has 0 fully saturated rings. The normalized spacial score (nSPS) is 13.6. The zero-order chi connectivity index (χ0) is 22.7. The van der Waals surface area contributed by atoms with Gasteiger partial charge in [0.25, 0.3) is 0 Å². The molecule has 0 radical (unpaired) electrons. The minimum atomic E-state index is -4.63. The van der Waals surface area contributed by atoms with Gasteiger partial charge in [0.05, 0.1) is 10.6 Å². The highest BCUT2D eigenvalue weighted by Crippen LogP contribution is 2.36. The van der Waals surface area contributed by atoms with Crippen molar-refractivity contribution in [3.63, 3.8) is 0 Å². The predicted octanol–water partition coefficient (Wildman–Crippen LogP) is 5.56. The molecule has 1 atom stereocenters. The van der Waals surface area contributed by atoms with Crippen molar-refractivity contribution in [2.75, 3.05) is 12.1 Å². The third-order valence-corrected chi connectivity index (χ3v) is 5.21. The number of ether oxygens (including phenoxy) is 2. The van der Waals surface area contributed by atoms with E-state index in [1.165, 1.54) is 6.07 Å². The molecule has 0 saturated carbocycles. The van der Waals surface area contributed by atoms with Crippen molar-refractivity contribution in [1.29, 1.82) is 0 Å². The third kappa shape index (κ3) is 4.98. The number of anilines is 1. The zero-order valence-electron chi connectivity index (χ0n) is 16.6. The molecule has 2 N–H and O–H groups in total. The maximum Gasteiger partial charge on any atom is 0.417 e. The molecule has 0 unspecified atom stereocenters. The van der Waals surface area contributed by atoms with E-state index in [1.807, 2.05) is 18.2 Å². The number of benzene rings is 3. The van der Waals surface area contributed by atoms with Gasteiger partial charge >= 0.3 is 6.18 Å². The fraction of sp³-hybridized carbons (Fsp3) is 0.174. The van der Waals surface area contributed by atoms with Crippen LogP contribution < -0.4 is 20.1 Å². The summed E-state index contributed by atoms with van der Waals surface area (Å²) in [6.07, 6.45) is -4.63. The molecule has 3 aromatic rings. The Balaban J connectivity index is 1.54. The molecule has 32 heavy (non-hydrogen) atoms. The number of hydrogen-bond donors (Lipinski definition) is 2. The summed E-state index contributed by atoms with van der Waals surface area (Å²) >= 11 is 5.67. The number of fused-ring (bicyclic) bond motifs is 1. The standard InChI is InChI=1S/C23H18ClF3N2O3/c24-18-8-7-16(11-17(18)23(25,26)27)29-22(30)21(15-4-2-1-3-5-15)28-12-14-6-9-19-20(10-14)32-13-31-19/h1-11,21,28H,12-13H2,(H,29,30)/t21-/m1/s1. The Morgan fingerprint density at radius 2 is 1.75 bits per heavy atom. The number of nitrogens with one attached hydrogen (secondary N) is 2. The topological polar surface area (TPSA) is 59.6 Å². The fourth-order valence-electron chi connectivity index (χ4n) is 3.31. The van der Waals surface area contributed by atoms with Gasteiger partial charge in [0.15, 0.2) is 11.5 Å². The summed E-state index contributed by atoms with van der Waals surface area (Å²) in [5.74, 6) is 0.757. The summed E-state index contributed by atoms with van der Waals surface area (Å²) in [5, 5.41) is 5.28. The predicted molar refractivity (Wildman–Crippen MR) is 114 cm³/mol. The summed E-state index contributed by atoms with van der Waals surface area (Å²) in [7, 11) is 0. The van der Waals surface area contributed by atoms with Gasteiger partial charge in [-0.2, -0.15) is 13.2 Å². The highest BCUT2D eigenvalue weighted by Gasteiger charge is 2.33. The van der Waals surface area contributed by atoms with Crippen molar-refractivity contribution in [2.24, 2.45) is 0 Å². The van der Waals surface area contributed by atoms with Crippen LogP contribution in [0.3, 0.4) is 0 Å². The third-order valence-electron chi connectivity index (χ3n) is 4.88. The van der Waals surface area contributed by atoms with Crippen LogP contribution in [-0.2, 0) is 17.5 Å². The van der Waals surface area contributed by atoms with Crippen LogP contribution in [0.1, 0.15) is 22.7 Å². The molecule has 5 nitrogen and oxygen atoms in total. The van der Waals surface area contributed by atoms with Crippen LogP contribution in [0.2, 0.25) is 5.02 Å². The van der Waals surface area contributed by atoms with Crippen molar-refractivity contribution < 1.29 is 27.4 Å². The van der Waals surface area contributed by atoms with Gasteiger partial charge in [0, 0.05) is 12.2 Å². The van der Waals surface area contributed by atoms with Gasteiger partial charge < -0.3 is 14.8 Å². The molecule has 9 heteroatoms. The summed E-state index contributed by atoms with van der Waals surface area (Å²) in [6, 6.07) is 16.8. The first-order valence-electron chi connectivity index (χ1n) is 9.66. The van der Waals surface area contributed by atoms with E-state index in [-0.39, 0.29) is 12.5 Å². The number of carbonyl (C=O) groups excluding carboxylic acids is 1. The first-order chi connectivity index (χ1) is 15.3. The molecule has 0 aliphatic carbocycles. The number of alkyl halides is 3. The van der Waals surface area contributed by atoms with E-state index >= 15 is 0 Å². The number of halogens is 4. The van der Waals surface area contributed by atoms with E-state index < -0.39 is 28.7 Å². The Labute approximate surface area is 187 Å². The molecule has 4 rings (SSSR count). The van der Waals surface area contributed by atoms with Crippen LogP contribution in [0.5, 0.6) is 11.5 Å². The molecule has 3 aromatic carbocycles. The van der Waals surface area contributed by atoms with Gasteiger partial charge in [-0.05, 0) is 41.5 Å². The molecule has 1 amide bonds. The van der Waals surface area contributed by atoms with E-state index in [0.717, 1.165) is 17.7 Å². The van der Waals surface area contributed by atoms with Crippen molar-refractivity contribution >= 4 is 23.2 Å². The molecule has 166 valence electrons. The highest BCUT2D eigenvalue weighted by atomic mass is 35.5. The Bertz CT molecular complexity index is 1120. The lowest BCUT2D eigenvalue weighted by Gasteiger charge is -2.20. The average molecular weight is 463 g/mol. The number of amides is 1. The molecule has 0 aromatic heterocycles. The Hall–Kier alpha value is -3.23. The summed E-state index contributed by atoms with van der Waals surface area (Å²) < 4.78 is 50.2. The van der Waals surface area contributed by atoms with E-state index in [9.17, 15) is 18.0 Å². The lowest BCUT2D eigenvalue weighted by molar-refractivity contribution is -0.137. The molecule has 1 aliphatic heterocycles. The van der Waals surface area contributed by atoms with Crippen molar-refractivity contribution in [2.45, 2.75) is 18.8 Å². The van der Waals surface area contributed by atoms with Crippen molar-refractivity contribution in [3.05, 3.63) is 88.4 Å². The zero-order valence-corrected chi connectivity index (χ0v) is 17.3. The second-order valence-corrected chi connectivity index (χ2v) is 7.50. The van der Waals surface area contributed by atoms with Gasteiger partial charge in [0.1, 0.15) is 6.04 Å². The second kappa shape index (κ2) is 9.10. The maximum atomic E-state index is 13.2. The minimum absolute atomic E-state index is 0.00228. The number of carbonyl (C=O) groups is 1. The Kier molecular flexibility index (Phi) is 6.25. The number of hydrogen-bond acceptors (Lipinski definition) is 4. The van der Waals surface area contributed by atoms with Gasteiger partial charge in [-0.15, -0.1) is 0 Å². The largest absolute Gasteiger partial charge is 0.454 e. The lowest BCUT2D eigenvalue weighted by Crippen LogP contribution is -2.32. The quantitative estimate of drug-likeness (QED) is 0.503. The van der Waals surface area contributed by atoms with Crippen LogP contribution in [0.4, 0.5) is 18.9 Å². The molecular weight excluding hydrogens is 445 g/mol. The maximum absolute atomic E-state index is 13.2. The molecule has 0 bridgehead atoms. The fourth-order valence-corrected chi connectivity index (χ4v) is 3.54. The smallest absolute Gasteiger partial charge is 0.417 e. The van der Waals surface area contributed by atoms with Crippen molar-refractivity contribution in [1.82, 2.24) is 5.32 Å². The monoisotopic (exact) mass is 462 g/mol. The van der Waals surface area contributed by atoms with Crippen LogP contribution in [0.25, 0.3) is 0 Å². The summed E-state index contributed by atoms with van der Waals surface area (Å²) in [4.78, 5) is 13.0. The highest BCUT2D eigenvalue weighted by molar-refractivity contribution is 6.31. The molecule has 0 saturated heterocycles. The van der Waals surface area contributed by atoms with Crippen LogP contribution in [0.15, 0.2) is 66.7 Å². The van der Waals surface area contributed by atoms with Crippen molar-refractivity contribution in [3.8, 4) is 11.5 Å². The van der Waals surface area contributed by atoms with Gasteiger partial charge in [-0.3, -0.25) is 10.1 Å². The SMILES string of the molecule is O=C(Nc1ccc(Cl)c(C(F)(F)F)c1)[C@H](NCc1ccc2c(c1)OCO2)c1ccccc1. The average Bonchev–Trinajstić information content (AvgIpc) is 3.23. The van der Waals surface area contributed by atoms with E-state index in [0.29, 0.717) is 23.6 Å². The lowest BCUT2D eigenvalue weighted by atomic mass is 10.0. The summed E-state index contributed by atoms with van der Waals surface area (Å²) in [5.41, 5.74) is 0.503. The van der Waals surface area contributed by atoms with Gasteiger partial charge in [-0.25, -0.2) is 0 Å². The summed E-state index contributed by atoms with van der Waals surface area (Å²) in [6.45, 7) is 0.473. The van der Waals surface area contributed by atoms with Crippen LogP contribution >= 0.6 is 11.6 Å². The van der Waals surface area contributed by atoms with Crippen LogP contribution in [-0.4, -0.2) is 12.7 Å². The Morgan fingerprint density at radius 3 is 2.50 bits per heavy atom. The first-order valence-corrected chi connectivity index (χ1v) is 10.0. The van der Waals surface area contributed by atoms with Gasteiger partial charge in [0.2, 0.25) is 12.7 Å². The molecular formula is C23H18ClF3N2O3. The first kappa shape index (κ1) is 22.0. The second-order valence-electron chi connectivity index (χ2n) is 7.09. The Morgan fingerprint density at radius 1 is 1.00 bits per heavy atom. The minimum Gasteiger partial charge on any atom is -0.454 e. The molecule has 1 aliphatic rings. The molecule has 0 spiro atoms. The van der Waals surface area contributed by atoms with Gasteiger partial charge in [-0.1, -0.05) is 48.0 Å². The van der Waals surface area contributed by atoms with E-state index in [1.54, 1.807) is 30.3 Å². The van der Waals surface area contributed by atoms with E-state index in [2.05, 4.69) is 10.6 Å². The number of rotatable bonds is 6. The van der Waals surface area contributed by atoms with Crippen LogP contribution in [0, 0.1) is 0 Å². The molecule has 1 heterocycles. The van der Waals surface area contributed by atoms with E-state index in [4.69, 9.17) is 21.1 Å².